The number of hydrogen-bond donors (Lipinski definition) is 0. The van der Waals surface area contributed by atoms with Crippen LogP contribution in [0, 0.1) is 6.92 Å². The molecule has 0 saturated carbocycles. The van der Waals surface area contributed by atoms with Crippen molar-refractivity contribution in [1.82, 2.24) is 0 Å². The van der Waals surface area contributed by atoms with Crippen LogP contribution in [0.3, 0.4) is 0 Å². The molecule has 9 rings (SSSR count). The molecule has 1 aliphatic rings. The number of nitrogens with zero attached hydrogens (tertiary/aromatic N) is 1. The molecule has 0 atom stereocenters. The Hall–Kier alpha value is -5.44. The smallest absolute Gasteiger partial charge is 0.0468 e. The van der Waals surface area contributed by atoms with Crippen molar-refractivity contribution in [2.45, 2.75) is 26.2 Å². The standard InChI is InChI=1S/C46H35NS/c1-5-6-19-44-29(2)39-26-32(22-25-45(39)48-44)47(31-21-24-43-41(28-31)38-17-11-12-18-42(38)46(43,3)4)30-20-23-37-35-15-8-7-13-33(35)34-14-9-10-16-36(34)40(37)27-30/h5-28H,1H2,2-4H3/b19-6-. The number of aryl methyl sites for hydroxylation is 1. The zero-order valence-electron chi connectivity index (χ0n) is 27.4. The Morgan fingerprint density at radius 3 is 1.81 bits per heavy atom. The SMILES string of the molecule is C=C/C=C\c1sc2ccc(N(c3ccc4c(c3)-c3ccccc3C4(C)C)c3ccc4c5ccccc5c5ccccc5c4c3)cc2c1C. The average Bonchev–Trinajstić information content (AvgIpc) is 3.56. The lowest BCUT2D eigenvalue weighted by Gasteiger charge is -2.28. The van der Waals surface area contributed by atoms with Gasteiger partial charge in [0.2, 0.25) is 0 Å². The van der Waals surface area contributed by atoms with Crippen molar-refractivity contribution in [2.75, 3.05) is 4.90 Å². The fourth-order valence-corrected chi connectivity index (χ4v) is 9.12. The molecule has 0 aliphatic heterocycles. The van der Waals surface area contributed by atoms with Gasteiger partial charge in [-0.15, -0.1) is 11.3 Å². The number of hydrogen-bond acceptors (Lipinski definition) is 2. The van der Waals surface area contributed by atoms with Crippen LogP contribution in [0.25, 0.3) is 59.6 Å². The zero-order chi connectivity index (χ0) is 32.6. The molecule has 0 saturated heterocycles. The Morgan fingerprint density at radius 1 is 0.562 bits per heavy atom. The quantitative estimate of drug-likeness (QED) is 0.135. The number of fused-ring (bicyclic) bond motifs is 10. The molecule has 0 bridgehead atoms. The average molecular weight is 634 g/mol. The predicted octanol–water partition coefficient (Wildman–Crippen LogP) is 13.6. The van der Waals surface area contributed by atoms with Crippen LogP contribution in [0.15, 0.2) is 146 Å². The van der Waals surface area contributed by atoms with Gasteiger partial charge in [-0.1, -0.05) is 118 Å². The van der Waals surface area contributed by atoms with E-state index in [-0.39, 0.29) is 5.41 Å². The first-order valence-corrected chi connectivity index (χ1v) is 17.5. The number of benzene rings is 7. The number of anilines is 3. The highest BCUT2D eigenvalue weighted by Gasteiger charge is 2.35. The summed E-state index contributed by atoms with van der Waals surface area (Å²) in [7, 11) is 0. The summed E-state index contributed by atoms with van der Waals surface area (Å²) in [6.07, 6.45) is 6.04. The van der Waals surface area contributed by atoms with Crippen molar-refractivity contribution in [3.63, 3.8) is 0 Å². The monoisotopic (exact) mass is 633 g/mol. The van der Waals surface area contributed by atoms with E-state index in [1.54, 1.807) is 0 Å². The van der Waals surface area contributed by atoms with Crippen LogP contribution in [0.5, 0.6) is 0 Å². The van der Waals surface area contributed by atoms with E-state index in [1.165, 1.54) is 75.1 Å². The Labute approximate surface area is 285 Å². The van der Waals surface area contributed by atoms with Gasteiger partial charge in [-0.05, 0) is 121 Å². The van der Waals surface area contributed by atoms with E-state index in [9.17, 15) is 0 Å². The van der Waals surface area contributed by atoms with E-state index in [1.807, 2.05) is 23.5 Å². The molecule has 0 radical (unpaired) electrons. The van der Waals surface area contributed by atoms with Gasteiger partial charge < -0.3 is 4.90 Å². The number of rotatable bonds is 5. The molecule has 8 aromatic rings. The van der Waals surface area contributed by atoms with E-state index in [0.29, 0.717) is 0 Å². The highest BCUT2D eigenvalue weighted by Crippen LogP contribution is 2.51. The van der Waals surface area contributed by atoms with E-state index < -0.39 is 0 Å². The third-order valence-corrected chi connectivity index (χ3v) is 11.6. The van der Waals surface area contributed by atoms with Crippen LogP contribution in [0.4, 0.5) is 17.1 Å². The van der Waals surface area contributed by atoms with Crippen LogP contribution < -0.4 is 4.90 Å². The lowest BCUT2D eigenvalue weighted by molar-refractivity contribution is 0.660. The number of thiophene rings is 1. The second-order valence-corrected chi connectivity index (χ2v) is 14.5. The molecule has 1 aliphatic carbocycles. The van der Waals surface area contributed by atoms with Crippen molar-refractivity contribution < 1.29 is 0 Å². The maximum atomic E-state index is 3.88. The van der Waals surface area contributed by atoms with Crippen molar-refractivity contribution >= 4 is 76.9 Å². The highest BCUT2D eigenvalue weighted by molar-refractivity contribution is 7.20. The maximum absolute atomic E-state index is 3.88. The Kier molecular flexibility index (Phi) is 6.47. The molecule has 1 nitrogen and oxygen atoms in total. The molecule has 7 aromatic carbocycles. The molecular weight excluding hydrogens is 599 g/mol. The second-order valence-electron chi connectivity index (χ2n) is 13.4. The first-order valence-electron chi connectivity index (χ1n) is 16.6. The lowest BCUT2D eigenvalue weighted by Crippen LogP contribution is -2.15. The van der Waals surface area contributed by atoms with Gasteiger partial charge in [0.1, 0.15) is 0 Å². The van der Waals surface area contributed by atoms with Crippen molar-refractivity contribution in [3.05, 3.63) is 168 Å². The van der Waals surface area contributed by atoms with Gasteiger partial charge in [-0.3, -0.25) is 0 Å². The van der Waals surface area contributed by atoms with Crippen molar-refractivity contribution in [1.29, 1.82) is 0 Å². The first-order chi connectivity index (χ1) is 23.4. The van der Waals surface area contributed by atoms with Crippen LogP contribution in [0.2, 0.25) is 0 Å². The van der Waals surface area contributed by atoms with Crippen molar-refractivity contribution in [3.8, 4) is 11.1 Å². The molecular formula is C46H35NS. The van der Waals surface area contributed by atoms with E-state index >= 15 is 0 Å². The zero-order valence-corrected chi connectivity index (χ0v) is 28.2. The van der Waals surface area contributed by atoms with Gasteiger partial charge in [-0.25, -0.2) is 0 Å². The minimum Gasteiger partial charge on any atom is -0.310 e. The van der Waals surface area contributed by atoms with Gasteiger partial charge >= 0.3 is 0 Å². The molecule has 0 spiro atoms. The topological polar surface area (TPSA) is 3.24 Å². The molecule has 230 valence electrons. The van der Waals surface area contributed by atoms with Crippen LogP contribution in [0.1, 0.15) is 35.4 Å². The normalized spacial score (nSPS) is 13.5. The van der Waals surface area contributed by atoms with Gasteiger partial charge in [0, 0.05) is 32.1 Å². The highest BCUT2D eigenvalue weighted by atomic mass is 32.1. The summed E-state index contributed by atoms with van der Waals surface area (Å²) in [5.74, 6) is 0. The molecule has 1 aromatic heterocycles. The van der Waals surface area contributed by atoms with E-state index in [0.717, 1.165) is 17.1 Å². The summed E-state index contributed by atoms with van der Waals surface area (Å²) in [5.41, 5.74) is 10.1. The van der Waals surface area contributed by atoms with Crippen LogP contribution in [-0.4, -0.2) is 0 Å². The number of allylic oxidation sites excluding steroid dienone is 2. The van der Waals surface area contributed by atoms with Crippen LogP contribution in [-0.2, 0) is 5.41 Å². The molecule has 0 N–H and O–H groups in total. The Balaban J connectivity index is 1.31. The maximum Gasteiger partial charge on any atom is 0.0468 e. The largest absolute Gasteiger partial charge is 0.310 e. The Morgan fingerprint density at radius 2 is 1.10 bits per heavy atom. The minimum absolute atomic E-state index is 0.0414. The minimum atomic E-state index is -0.0414. The fraction of sp³-hybridized carbons (Fsp3) is 0.0870. The second kappa shape index (κ2) is 10.8. The van der Waals surface area contributed by atoms with Gasteiger partial charge in [-0.2, -0.15) is 0 Å². The van der Waals surface area contributed by atoms with Gasteiger partial charge in [0.15, 0.2) is 0 Å². The van der Waals surface area contributed by atoms with Gasteiger partial charge in [0.25, 0.3) is 0 Å². The van der Waals surface area contributed by atoms with Crippen molar-refractivity contribution in [2.24, 2.45) is 0 Å². The molecule has 0 fully saturated rings. The lowest BCUT2D eigenvalue weighted by atomic mass is 9.82. The molecule has 0 unspecified atom stereocenters. The first kappa shape index (κ1) is 28.8. The van der Waals surface area contributed by atoms with E-state index in [2.05, 4.69) is 166 Å². The summed E-state index contributed by atoms with van der Waals surface area (Å²) in [5, 5.41) is 8.98. The van der Waals surface area contributed by atoms with E-state index in [4.69, 9.17) is 0 Å². The summed E-state index contributed by atoms with van der Waals surface area (Å²) >= 11 is 1.84. The summed E-state index contributed by atoms with van der Waals surface area (Å²) < 4.78 is 1.29. The van der Waals surface area contributed by atoms with Gasteiger partial charge in [0.05, 0.1) is 0 Å². The fourth-order valence-electron chi connectivity index (χ4n) is 8.01. The third kappa shape index (κ3) is 4.23. The third-order valence-electron chi connectivity index (χ3n) is 10.4. The summed E-state index contributed by atoms with van der Waals surface area (Å²) in [6.45, 7) is 10.8. The molecule has 48 heavy (non-hydrogen) atoms. The summed E-state index contributed by atoms with van der Waals surface area (Å²) in [4.78, 5) is 3.72. The molecule has 1 heterocycles. The summed E-state index contributed by atoms with van der Waals surface area (Å²) in [6, 6.07) is 47.6. The Bertz CT molecular complexity index is 2600. The van der Waals surface area contributed by atoms with Crippen LogP contribution >= 0.6 is 11.3 Å². The molecule has 0 amide bonds. The molecule has 2 heteroatoms. The predicted molar refractivity (Wildman–Crippen MR) is 211 cm³/mol.